The molecular formula is C26H27ClN2O5S. The number of halogens is 1. The van der Waals surface area contributed by atoms with Crippen LogP contribution in [0.5, 0.6) is 11.5 Å². The van der Waals surface area contributed by atoms with E-state index in [1.165, 1.54) is 13.0 Å². The number of fused-ring (bicyclic) bond motifs is 1. The smallest absolute Gasteiger partial charge is 0.308 e. The molecule has 1 amide bonds. The summed E-state index contributed by atoms with van der Waals surface area (Å²) < 4.78 is 4.84. The SMILES string of the molecule is CC(=O)Oc1cccc2cc(C(=O)NCC[N+]3([O-])CCC(Sc4ccc(Cl)cc4)CC3)c(O)cc12. The molecule has 0 unspecified atom stereocenters. The second kappa shape index (κ2) is 10.9. The summed E-state index contributed by atoms with van der Waals surface area (Å²) in [6, 6.07) is 15.8. The molecule has 0 saturated carbocycles. The second-order valence-electron chi connectivity index (χ2n) is 8.70. The normalized spacial score (nSPS) is 19.9. The highest BCUT2D eigenvalue weighted by atomic mass is 35.5. The zero-order chi connectivity index (χ0) is 25.0. The predicted molar refractivity (Wildman–Crippen MR) is 138 cm³/mol. The highest BCUT2D eigenvalue weighted by molar-refractivity contribution is 8.00. The fourth-order valence-electron chi connectivity index (χ4n) is 4.24. The van der Waals surface area contributed by atoms with Crippen LogP contribution in [0.15, 0.2) is 59.5 Å². The molecule has 4 rings (SSSR count). The number of hydrogen-bond acceptors (Lipinski definition) is 6. The van der Waals surface area contributed by atoms with E-state index in [2.05, 4.69) is 5.32 Å². The Bertz CT molecular complexity index is 1230. The highest BCUT2D eigenvalue weighted by Crippen LogP contribution is 2.33. The summed E-state index contributed by atoms with van der Waals surface area (Å²) in [6.07, 6.45) is 1.61. The van der Waals surface area contributed by atoms with Crippen LogP contribution in [0.25, 0.3) is 10.8 Å². The Morgan fingerprint density at radius 1 is 1.17 bits per heavy atom. The van der Waals surface area contributed by atoms with E-state index in [1.54, 1.807) is 36.0 Å². The number of quaternary nitrogens is 1. The van der Waals surface area contributed by atoms with Crippen molar-refractivity contribution in [1.29, 1.82) is 0 Å². The predicted octanol–water partition coefficient (Wildman–Crippen LogP) is 5.12. The lowest BCUT2D eigenvalue weighted by molar-refractivity contribution is -0.883. The molecule has 1 saturated heterocycles. The van der Waals surface area contributed by atoms with Crippen molar-refractivity contribution in [2.45, 2.75) is 29.9 Å². The lowest BCUT2D eigenvalue weighted by atomic mass is 10.0. The number of phenolic OH excluding ortho intramolecular Hbond substituents is 1. The minimum atomic E-state index is -0.471. The van der Waals surface area contributed by atoms with E-state index in [0.29, 0.717) is 39.9 Å². The van der Waals surface area contributed by atoms with Gasteiger partial charge in [0.2, 0.25) is 0 Å². The van der Waals surface area contributed by atoms with Gasteiger partial charge in [-0.1, -0.05) is 23.7 Å². The van der Waals surface area contributed by atoms with E-state index in [-0.39, 0.29) is 29.0 Å². The van der Waals surface area contributed by atoms with Gasteiger partial charge in [-0.3, -0.25) is 9.59 Å². The van der Waals surface area contributed by atoms with Crippen LogP contribution in [0.3, 0.4) is 0 Å². The fourth-order valence-corrected chi connectivity index (χ4v) is 5.49. The maximum absolute atomic E-state index is 13.1. The number of benzene rings is 3. The summed E-state index contributed by atoms with van der Waals surface area (Å²) in [6.45, 7) is 2.78. The van der Waals surface area contributed by atoms with Crippen LogP contribution >= 0.6 is 23.4 Å². The number of phenols is 1. The molecule has 35 heavy (non-hydrogen) atoms. The molecule has 1 aliphatic rings. The minimum Gasteiger partial charge on any atom is -0.633 e. The van der Waals surface area contributed by atoms with E-state index in [0.717, 1.165) is 17.7 Å². The standard InChI is InChI=1S/C26H27ClN2O5S/c1-17(30)34-25-4-2-3-18-15-23(24(31)16-22(18)25)26(32)28-11-14-29(33)12-9-21(10-13-29)35-20-7-5-19(27)6-8-20/h2-8,15-16,21,31H,9-14H2,1H3,(H,28,32). The molecule has 7 nitrogen and oxygen atoms in total. The number of nitrogens with zero attached hydrogens (tertiary/aromatic N) is 1. The molecule has 3 aromatic rings. The first kappa shape index (κ1) is 25.3. The number of amides is 1. The first-order chi connectivity index (χ1) is 16.7. The average Bonchev–Trinajstić information content (AvgIpc) is 2.82. The molecule has 3 aromatic carbocycles. The number of hydrogen-bond donors (Lipinski definition) is 2. The monoisotopic (exact) mass is 514 g/mol. The van der Waals surface area contributed by atoms with Crippen molar-refractivity contribution in [3.8, 4) is 11.5 Å². The van der Waals surface area contributed by atoms with Gasteiger partial charge in [-0.05, 0) is 47.9 Å². The summed E-state index contributed by atoms with van der Waals surface area (Å²) in [5.74, 6) is -0.837. The van der Waals surface area contributed by atoms with Crippen molar-refractivity contribution in [3.63, 3.8) is 0 Å². The van der Waals surface area contributed by atoms with Gasteiger partial charge in [0.25, 0.3) is 5.91 Å². The quantitative estimate of drug-likeness (QED) is 0.196. The number of nitrogens with one attached hydrogen (secondary N) is 1. The summed E-state index contributed by atoms with van der Waals surface area (Å²) in [4.78, 5) is 25.2. The van der Waals surface area contributed by atoms with E-state index in [1.807, 2.05) is 24.3 Å². The molecule has 0 spiro atoms. The van der Waals surface area contributed by atoms with Crippen LogP contribution < -0.4 is 10.1 Å². The topological polar surface area (TPSA) is 98.7 Å². The van der Waals surface area contributed by atoms with Crippen molar-refractivity contribution < 1.29 is 24.1 Å². The molecule has 1 fully saturated rings. The molecular weight excluding hydrogens is 488 g/mol. The number of thioether (sulfide) groups is 1. The van der Waals surface area contributed by atoms with Crippen LogP contribution in [0.4, 0.5) is 0 Å². The van der Waals surface area contributed by atoms with Crippen LogP contribution in [-0.2, 0) is 4.79 Å². The van der Waals surface area contributed by atoms with Gasteiger partial charge in [-0.15, -0.1) is 11.8 Å². The summed E-state index contributed by atoms with van der Waals surface area (Å²) >= 11 is 7.72. The Kier molecular flexibility index (Phi) is 7.86. The maximum atomic E-state index is 13.1. The molecule has 1 heterocycles. The molecule has 0 aromatic heterocycles. The number of aromatic hydroxyl groups is 1. The third-order valence-corrected chi connectivity index (χ3v) is 7.69. The van der Waals surface area contributed by atoms with Crippen LogP contribution in [0, 0.1) is 5.21 Å². The maximum Gasteiger partial charge on any atom is 0.308 e. The van der Waals surface area contributed by atoms with E-state index in [9.17, 15) is 19.9 Å². The van der Waals surface area contributed by atoms with Gasteiger partial charge < -0.3 is 25.0 Å². The first-order valence-corrected chi connectivity index (χ1v) is 12.7. The van der Waals surface area contributed by atoms with Gasteiger partial charge in [0, 0.05) is 40.3 Å². The fraction of sp³-hybridized carbons (Fsp3) is 0.308. The Labute approximate surface area is 213 Å². The molecule has 0 aliphatic carbocycles. The van der Waals surface area contributed by atoms with Crippen LogP contribution in [0.2, 0.25) is 5.02 Å². The first-order valence-electron chi connectivity index (χ1n) is 11.4. The van der Waals surface area contributed by atoms with E-state index in [4.69, 9.17) is 16.3 Å². The van der Waals surface area contributed by atoms with E-state index >= 15 is 0 Å². The molecule has 0 radical (unpaired) electrons. The highest BCUT2D eigenvalue weighted by Gasteiger charge is 2.27. The molecule has 0 atom stereocenters. The number of carbonyl (C=O) groups excluding carboxylic acids is 2. The largest absolute Gasteiger partial charge is 0.633 e. The second-order valence-corrected chi connectivity index (χ2v) is 10.5. The number of likely N-dealkylation sites (tertiary alicyclic amines) is 1. The molecule has 184 valence electrons. The van der Waals surface area contributed by atoms with Gasteiger partial charge in [-0.2, -0.15) is 0 Å². The number of carbonyl (C=O) groups is 2. The van der Waals surface area contributed by atoms with Crippen molar-refractivity contribution in [2.24, 2.45) is 0 Å². The van der Waals surface area contributed by atoms with Crippen LogP contribution in [0.1, 0.15) is 30.1 Å². The Morgan fingerprint density at radius 2 is 1.89 bits per heavy atom. The van der Waals surface area contributed by atoms with Gasteiger partial charge in [-0.25, -0.2) is 0 Å². The zero-order valence-corrected chi connectivity index (χ0v) is 20.9. The summed E-state index contributed by atoms with van der Waals surface area (Å²) in [7, 11) is 0. The Balaban J connectivity index is 1.31. The van der Waals surface area contributed by atoms with Crippen molar-refractivity contribution in [1.82, 2.24) is 5.32 Å². The zero-order valence-electron chi connectivity index (χ0n) is 19.3. The van der Waals surface area contributed by atoms with Crippen molar-refractivity contribution in [3.05, 3.63) is 70.4 Å². The number of hydroxylamine groups is 3. The molecule has 9 heteroatoms. The molecule has 1 aliphatic heterocycles. The average molecular weight is 515 g/mol. The van der Waals surface area contributed by atoms with Gasteiger partial charge in [0.15, 0.2) is 0 Å². The third kappa shape index (κ3) is 6.46. The lowest BCUT2D eigenvalue weighted by Gasteiger charge is -2.47. The number of ether oxygens (including phenoxy) is 1. The minimum absolute atomic E-state index is 0.105. The number of esters is 1. The van der Waals surface area contributed by atoms with Crippen molar-refractivity contribution in [2.75, 3.05) is 26.2 Å². The molecule has 2 N–H and O–H groups in total. The van der Waals surface area contributed by atoms with Gasteiger partial charge >= 0.3 is 5.97 Å². The number of rotatable bonds is 7. The summed E-state index contributed by atoms with van der Waals surface area (Å²) in [5.41, 5.74) is 0.105. The molecule has 0 bridgehead atoms. The van der Waals surface area contributed by atoms with E-state index < -0.39 is 11.9 Å². The van der Waals surface area contributed by atoms with Gasteiger partial charge in [0.1, 0.15) is 11.5 Å². The Hall–Kier alpha value is -2.78. The lowest BCUT2D eigenvalue weighted by Crippen LogP contribution is -2.52. The summed E-state index contributed by atoms with van der Waals surface area (Å²) in [5, 5.41) is 28.6. The van der Waals surface area contributed by atoms with Crippen LogP contribution in [-0.4, -0.2) is 53.1 Å². The number of piperidine rings is 1. The Morgan fingerprint density at radius 3 is 2.57 bits per heavy atom. The third-order valence-electron chi connectivity index (χ3n) is 6.09. The van der Waals surface area contributed by atoms with Gasteiger partial charge in [0.05, 0.1) is 31.7 Å². The van der Waals surface area contributed by atoms with Crippen molar-refractivity contribution >= 4 is 46.0 Å².